The van der Waals surface area contributed by atoms with Crippen LogP contribution in [0.3, 0.4) is 0 Å². The normalized spacial score (nSPS) is 30.2. The van der Waals surface area contributed by atoms with Crippen molar-refractivity contribution in [2.75, 3.05) is 0 Å². The molecule has 1 heterocycles. The quantitative estimate of drug-likeness (QED) is 0.478. The summed E-state index contributed by atoms with van der Waals surface area (Å²) in [7, 11) is 0. The fraction of sp³-hybridized carbons (Fsp3) is 0.529. The molecule has 2 aliphatic rings. The first-order valence-corrected chi connectivity index (χ1v) is 10.1. The van der Waals surface area contributed by atoms with Gasteiger partial charge in [0, 0.05) is 14.0 Å². The Labute approximate surface area is 141 Å². The molecule has 0 amide bonds. The minimum Gasteiger partial charge on any atom is -0.142 e. The summed E-state index contributed by atoms with van der Waals surface area (Å²) < 4.78 is 2.62. The summed E-state index contributed by atoms with van der Waals surface area (Å²) in [5, 5.41) is 3.77. The van der Waals surface area contributed by atoms with Crippen LogP contribution in [-0.2, 0) is 0 Å². The first kappa shape index (κ1) is 13.8. The third kappa shape index (κ3) is 2.30. The zero-order valence-electron chi connectivity index (χ0n) is 11.3. The number of rotatable bonds is 3. The van der Waals surface area contributed by atoms with E-state index in [0.29, 0.717) is 4.83 Å². The molecular weight excluding hydrogens is 396 g/mol. The molecule has 4 unspecified atom stereocenters. The van der Waals surface area contributed by atoms with Gasteiger partial charge in [-0.2, -0.15) is 0 Å². The Kier molecular flexibility index (Phi) is 3.72. The van der Waals surface area contributed by atoms with Crippen LogP contribution in [0.5, 0.6) is 0 Å². The topological polar surface area (TPSA) is 0 Å². The smallest absolute Gasteiger partial charge is 0.0488 e. The van der Waals surface area contributed by atoms with Crippen molar-refractivity contribution >= 4 is 53.3 Å². The van der Waals surface area contributed by atoms with Crippen LogP contribution in [0, 0.1) is 17.8 Å². The molecule has 3 heteroatoms. The third-order valence-corrected chi connectivity index (χ3v) is 8.15. The fourth-order valence-corrected chi connectivity index (χ4v) is 7.05. The van der Waals surface area contributed by atoms with E-state index in [9.17, 15) is 0 Å². The Morgan fingerprint density at radius 3 is 2.90 bits per heavy atom. The van der Waals surface area contributed by atoms with Gasteiger partial charge in [-0.05, 0) is 81.8 Å². The van der Waals surface area contributed by atoms with Crippen LogP contribution in [0.25, 0.3) is 10.1 Å². The van der Waals surface area contributed by atoms with Gasteiger partial charge in [-0.25, -0.2) is 0 Å². The van der Waals surface area contributed by atoms with Crippen LogP contribution in [0.4, 0.5) is 0 Å². The van der Waals surface area contributed by atoms with Crippen LogP contribution >= 0.6 is 43.2 Å². The van der Waals surface area contributed by atoms with Crippen LogP contribution in [0.1, 0.15) is 42.5 Å². The predicted molar refractivity (Wildman–Crippen MR) is 94.7 cm³/mol. The molecule has 0 N–H and O–H groups in total. The van der Waals surface area contributed by atoms with E-state index in [1.54, 1.807) is 0 Å². The molecule has 106 valence electrons. The number of benzene rings is 1. The minimum atomic E-state index is 0.523. The fourth-order valence-electron chi connectivity index (χ4n) is 4.34. The average Bonchev–Trinajstić information content (AvgIpc) is 3.12. The molecule has 1 aromatic carbocycles. The highest BCUT2D eigenvalue weighted by molar-refractivity contribution is 9.10. The lowest BCUT2D eigenvalue weighted by atomic mass is 9.84. The maximum atomic E-state index is 3.98. The van der Waals surface area contributed by atoms with Gasteiger partial charge in [-0.15, -0.1) is 11.3 Å². The molecular formula is C17H18Br2S. The number of halogens is 2. The lowest BCUT2D eigenvalue weighted by molar-refractivity contribution is 0.314. The summed E-state index contributed by atoms with van der Waals surface area (Å²) in [6.45, 7) is 0. The summed E-state index contributed by atoms with van der Waals surface area (Å²) in [6, 6.07) is 6.56. The SMILES string of the molecule is Brc1cccc2c(C(Br)CC3CC4CCC3C4)csc12. The molecule has 2 bridgehead atoms. The molecule has 2 aliphatic carbocycles. The number of hydrogen-bond donors (Lipinski definition) is 0. The van der Waals surface area contributed by atoms with Crippen molar-refractivity contribution in [1.82, 2.24) is 0 Å². The Bertz CT molecular complexity index is 633. The monoisotopic (exact) mass is 412 g/mol. The molecule has 2 fully saturated rings. The van der Waals surface area contributed by atoms with Gasteiger partial charge in [0.2, 0.25) is 0 Å². The number of alkyl halides is 1. The van der Waals surface area contributed by atoms with Crippen molar-refractivity contribution in [1.29, 1.82) is 0 Å². The zero-order chi connectivity index (χ0) is 13.7. The number of fused-ring (bicyclic) bond motifs is 3. The van der Waals surface area contributed by atoms with Crippen LogP contribution in [-0.4, -0.2) is 0 Å². The molecule has 0 radical (unpaired) electrons. The van der Waals surface area contributed by atoms with Crippen molar-refractivity contribution < 1.29 is 0 Å². The summed E-state index contributed by atoms with van der Waals surface area (Å²) >= 11 is 9.52. The van der Waals surface area contributed by atoms with Crippen molar-refractivity contribution in [3.63, 3.8) is 0 Å². The molecule has 0 nitrogen and oxygen atoms in total. The van der Waals surface area contributed by atoms with Gasteiger partial charge in [0.25, 0.3) is 0 Å². The molecule has 4 atom stereocenters. The van der Waals surface area contributed by atoms with E-state index in [0.717, 1.165) is 17.8 Å². The molecule has 0 saturated heterocycles. The second-order valence-corrected chi connectivity index (χ2v) is 9.29. The standard InChI is InChI=1S/C17H18Br2S/c18-15-3-1-2-13-14(9-20-17(13)15)16(19)8-12-7-10-4-5-11(12)6-10/h1-3,9-12,16H,4-8H2. The van der Waals surface area contributed by atoms with Gasteiger partial charge in [0.15, 0.2) is 0 Å². The molecule has 4 rings (SSSR count). The van der Waals surface area contributed by atoms with E-state index in [-0.39, 0.29) is 0 Å². The Balaban J connectivity index is 1.58. The van der Waals surface area contributed by atoms with E-state index < -0.39 is 0 Å². The number of thiophene rings is 1. The van der Waals surface area contributed by atoms with Crippen LogP contribution in [0.15, 0.2) is 28.1 Å². The average molecular weight is 414 g/mol. The molecule has 0 aliphatic heterocycles. The molecule has 1 aromatic heterocycles. The Hall–Kier alpha value is 0.140. The van der Waals surface area contributed by atoms with Gasteiger partial charge in [0.1, 0.15) is 0 Å². The Morgan fingerprint density at radius 1 is 1.25 bits per heavy atom. The lowest BCUT2D eigenvalue weighted by Crippen LogP contribution is -2.12. The molecule has 2 saturated carbocycles. The second kappa shape index (κ2) is 5.40. The van der Waals surface area contributed by atoms with Crippen molar-refractivity contribution in [2.24, 2.45) is 17.8 Å². The summed E-state index contributed by atoms with van der Waals surface area (Å²) in [5.41, 5.74) is 1.49. The minimum absolute atomic E-state index is 0.523. The molecule has 0 spiro atoms. The van der Waals surface area contributed by atoms with E-state index >= 15 is 0 Å². The highest BCUT2D eigenvalue weighted by Crippen LogP contribution is 2.52. The number of hydrogen-bond acceptors (Lipinski definition) is 1. The van der Waals surface area contributed by atoms with Gasteiger partial charge in [0.05, 0.1) is 0 Å². The zero-order valence-corrected chi connectivity index (χ0v) is 15.3. The third-order valence-electron chi connectivity index (χ3n) is 5.31. The van der Waals surface area contributed by atoms with Gasteiger partial charge < -0.3 is 0 Å². The van der Waals surface area contributed by atoms with E-state index in [4.69, 9.17) is 0 Å². The largest absolute Gasteiger partial charge is 0.142 e. The lowest BCUT2D eigenvalue weighted by Gasteiger charge is -2.24. The maximum Gasteiger partial charge on any atom is 0.0488 e. The van der Waals surface area contributed by atoms with Crippen molar-refractivity contribution in [3.8, 4) is 0 Å². The first-order valence-electron chi connectivity index (χ1n) is 7.52. The first-order chi connectivity index (χ1) is 9.72. The van der Waals surface area contributed by atoms with E-state index in [1.165, 1.54) is 52.2 Å². The Morgan fingerprint density at radius 2 is 2.15 bits per heavy atom. The second-order valence-electron chi connectivity index (χ2n) is 6.45. The highest BCUT2D eigenvalue weighted by Gasteiger charge is 2.40. The highest BCUT2D eigenvalue weighted by atomic mass is 79.9. The van der Waals surface area contributed by atoms with Crippen molar-refractivity contribution in [3.05, 3.63) is 33.6 Å². The van der Waals surface area contributed by atoms with Gasteiger partial charge in [-0.3, -0.25) is 0 Å². The summed E-state index contributed by atoms with van der Waals surface area (Å²) in [5.74, 6) is 3.04. The van der Waals surface area contributed by atoms with Crippen LogP contribution < -0.4 is 0 Å². The maximum absolute atomic E-state index is 3.98. The molecule has 20 heavy (non-hydrogen) atoms. The van der Waals surface area contributed by atoms with E-state index in [1.807, 2.05) is 11.3 Å². The van der Waals surface area contributed by atoms with Crippen LogP contribution in [0.2, 0.25) is 0 Å². The molecule has 2 aromatic rings. The van der Waals surface area contributed by atoms with Crippen molar-refractivity contribution in [2.45, 2.75) is 36.9 Å². The predicted octanol–water partition coefficient (Wildman–Crippen LogP) is 6.93. The van der Waals surface area contributed by atoms with E-state index in [2.05, 4.69) is 55.4 Å². The summed E-state index contributed by atoms with van der Waals surface area (Å²) in [4.78, 5) is 0.523. The van der Waals surface area contributed by atoms with Gasteiger partial charge >= 0.3 is 0 Å². The van der Waals surface area contributed by atoms with Gasteiger partial charge in [-0.1, -0.05) is 34.5 Å². The summed E-state index contributed by atoms with van der Waals surface area (Å²) in [6.07, 6.45) is 7.31.